The molecule has 0 unspecified atom stereocenters. The zero-order valence-corrected chi connectivity index (χ0v) is 17.5. The Kier molecular flexibility index (Phi) is 4.64. The average molecular weight is 415 g/mol. The van der Waals surface area contributed by atoms with E-state index in [1.807, 2.05) is 24.7 Å². The topological polar surface area (TPSA) is 83.8 Å². The van der Waals surface area contributed by atoms with Gasteiger partial charge in [0.25, 0.3) is 0 Å². The van der Waals surface area contributed by atoms with E-state index in [0.717, 1.165) is 59.5 Å². The summed E-state index contributed by atoms with van der Waals surface area (Å²) >= 11 is 0. The van der Waals surface area contributed by atoms with Gasteiger partial charge in [-0.2, -0.15) is 5.10 Å². The van der Waals surface area contributed by atoms with E-state index in [4.69, 9.17) is 10.1 Å². The Balaban J connectivity index is 1.31. The van der Waals surface area contributed by atoms with E-state index in [2.05, 4.69) is 48.4 Å². The van der Waals surface area contributed by atoms with E-state index in [1.54, 1.807) is 0 Å². The van der Waals surface area contributed by atoms with Crippen LogP contribution in [0.5, 0.6) is 0 Å². The standard InChI is InChI=1S/C23H26N8/c1-2-4-18(3-1)31-22-17(14-27-31)6-5-16-13-26-23(29-21(16)22)28-20-8-7-19(15-25-20)30-11-9-24-10-12-30/h5-8,13-15,18,24H,1-4,9-12H2,(H,25,26,28,29). The summed E-state index contributed by atoms with van der Waals surface area (Å²) in [6.45, 7) is 4.04. The van der Waals surface area contributed by atoms with Crippen LogP contribution in [0.4, 0.5) is 17.5 Å². The molecule has 31 heavy (non-hydrogen) atoms. The fourth-order valence-electron chi connectivity index (χ4n) is 4.80. The van der Waals surface area contributed by atoms with Gasteiger partial charge in [-0.3, -0.25) is 4.68 Å². The van der Waals surface area contributed by atoms with E-state index >= 15 is 0 Å². The highest BCUT2D eigenvalue weighted by Gasteiger charge is 2.21. The molecule has 0 amide bonds. The predicted molar refractivity (Wildman–Crippen MR) is 123 cm³/mol. The van der Waals surface area contributed by atoms with E-state index in [9.17, 15) is 0 Å². The molecule has 2 aliphatic rings. The zero-order valence-electron chi connectivity index (χ0n) is 17.5. The maximum Gasteiger partial charge on any atom is 0.228 e. The van der Waals surface area contributed by atoms with Gasteiger partial charge >= 0.3 is 0 Å². The smallest absolute Gasteiger partial charge is 0.228 e. The van der Waals surface area contributed by atoms with Crippen LogP contribution >= 0.6 is 0 Å². The van der Waals surface area contributed by atoms with Crippen LogP contribution < -0.4 is 15.5 Å². The second-order valence-electron chi connectivity index (χ2n) is 8.43. The SMILES string of the molecule is c1cc(Nc2ncc3ccc4cnn(C5CCCC5)c4c3n2)ncc1N1CCNCC1. The van der Waals surface area contributed by atoms with Crippen molar-refractivity contribution in [2.75, 3.05) is 36.4 Å². The van der Waals surface area contributed by atoms with Crippen LogP contribution in [0.3, 0.4) is 0 Å². The number of rotatable bonds is 4. The van der Waals surface area contributed by atoms with Crippen LogP contribution in [0.1, 0.15) is 31.7 Å². The summed E-state index contributed by atoms with van der Waals surface area (Å²) in [6, 6.07) is 8.75. The Bertz CT molecular complexity index is 1200. The molecule has 0 atom stereocenters. The summed E-state index contributed by atoms with van der Waals surface area (Å²) in [5.74, 6) is 1.30. The molecular weight excluding hydrogens is 388 g/mol. The van der Waals surface area contributed by atoms with E-state index < -0.39 is 0 Å². The molecule has 6 rings (SSSR count). The number of pyridine rings is 1. The Morgan fingerprint density at radius 2 is 1.74 bits per heavy atom. The number of hydrogen-bond donors (Lipinski definition) is 2. The first-order valence-electron chi connectivity index (χ1n) is 11.2. The summed E-state index contributed by atoms with van der Waals surface area (Å²) in [7, 11) is 0. The first kappa shape index (κ1) is 18.5. The van der Waals surface area contributed by atoms with Crippen molar-refractivity contribution in [2.24, 2.45) is 0 Å². The first-order chi connectivity index (χ1) is 15.3. The van der Waals surface area contributed by atoms with Crippen molar-refractivity contribution in [1.29, 1.82) is 0 Å². The second kappa shape index (κ2) is 7.77. The average Bonchev–Trinajstić information content (AvgIpc) is 3.50. The fraction of sp³-hybridized carbons (Fsp3) is 0.391. The van der Waals surface area contributed by atoms with E-state index in [1.165, 1.54) is 25.7 Å². The molecule has 1 aliphatic heterocycles. The lowest BCUT2D eigenvalue weighted by atomic mass is 10.1. The van der Waals surface area contributed by atoms with Gasteiger partial charge in [0.1, 0.15) is 11.3 Å². The summed E-state index contributed by atoms with van der Waals surface area (Å²) < 4.78 is 2.18. The lowest BCUT2D eigenvalue weighted by Gasteiger charge is -2.29. The molecule has 4 heterocycles. The van der Waals surface area contributed by atoms with Crippen LogP contribution in [0.2, 0.25) is 0 Å². The third kappa shape index (κ3) is 3.46. The van der Waals surface area contributed by atoms with Gasteiger partial charge in [-0.15, -0.1) is 0 Å². The zero-order chi connectivity index (χ0) is 20.6. The maximum absolute atomic E-state index is 4.87. The van der Waals surface area contributed by atoms with Gasteiger partial charge in [0.15, 0.2) is 0 Å². The highest BCUT2D eigenvalue weighted by Crippen LogP contribution is 2.34. The normalized spacial score (nSPS) is 17.6. The molecule has 1 aromatic carbocycles. The Hall–Kier alpha value is -3.26. The number of piperazine rings is 1. The number of nitrogens with zero attached hydrogens (tertiary/aromatic N) is 6. The third-order valence-corrected chi connectivity index (χ3v) is 6.45. The Morgan fingerprint density at radius 3 is 2.55 bits per heavy atom. The third-order valence-electron chi connectivity index (χ3n) is 6.45. The minimum absolute atomic E-state index is 0.466. The molecule has 3 aromatic heterocycles. The molecule has 4 aromatic rings. The van der Waals surface area contributed by atoms with Crippen LogP contribution in [-0.4, -0.2) is 50.9 Å². The second-order valence-corrected chi connectivity index (χ2v) is 8.43. The summed E-state index contributed by atoms with van der Waals surface area (Å²) in [5.41, 5.74) is 3.20. The minimum atomic E-state index is 0.466. The van der Waals surface area contributed by atoms with Gasteiger partial charge in [0.2, 0.25) is 5.95 Å². The molecule has 1 aliphatic carbocycles. The first-order valence-corrected chi connectivity index (χ1v) is 11.2. The number of nitrogens with one attached hydrogen (secondary N) is 2. The van der Waals surface area contributed by atoms with Gasteiger partial charge in [-0.1, -0.05) is 25.0 Å². The quantitative estimate of drug-likeness (QED) is 0.527. The van der Waals surface area contributed by atoms with Crippen molar-refractivity contribution < 1.29 is 0 Å². The molecule has 0 radical (unpaired) electrons. The van der Waals surface area contributed by atoms with E-state index in [0.29, 0.717) is 12.0 Å². The Morgan fingerprint density at radius 1 is 0.903 bits per heavy atom. The van der Waals surface area contributed by atoms with Gasteiger partial charge in [-0.05, 0) is 25.0 Å². The molecule has 2 N–H and O–H groups in total. The monoisotopic (exact) mass is 414 g/mol. The summed E-state index contributed by atoms with van der Waals surface area (Å²) in [6.07, 6.45) is 10.7. The number of benzene rings is 1. The van der Waals surface area contributed by atoms with Crippen molar-refractivity contribution >= 4 is 39.3 Å². The number of aromatic nitrogens is 5. The summed E-state index contributed by atoms with van der Waals surface area (Å²) in [4.78, 5) is 16.3. The molecule has 1 saturated heterocycles. The molecule has 158 valence electrons. The molecule has 1 saturated carbocycles. The lowest BCUT2D eigenvalue weighted by Crippen LogP contribution is -2.43. The highest BCUT2D eigenvalue weighted by molar-refractivity contribution is 6.03. The van der Waals surface area contributed by atoms with Crippen molar-refractivity contribution in [3.05, 3.63) is 42.9 Å². The highest BCUT2D eigenvalue weighted by atomic mass is 15.3. The predicted octanol–water partition coefficient (Wildman–Crippen LogP) is 3.64. The van der Waals surface area contributed by atoms with Gasteiger partial charge in [0.05, 0.1) is 29.6 Å². The van der Waals surface area contributed by atoms with Crippen LogP contribution in [0.25, 0.3) is 21.8 Å². The molecule has 8 heteroatoms. The van der Waals surface area contributed by atoms with Crippen molar-refractivity contribution in [1.82, 2.24) is 30.0 Å². The molecular formula is C23H26N8. The van der Waals surface area contributed by atoms with Crippen molar-refractivity contribution in [2.45, 2.75) is 31.7 Å². The minimum Gasteiger partial charge on any atom is -0.368 e. The fourth-order valence-corrected chi connectivity index (χ4v) is 4.80. The molecule has 2 fully saturated rings. The van der Waals surface area contributed by atoms with Gasteiger partial charge in [0, 0.05) is 43.1 Å². The number of hydrogen-bond acceptors (Lipinski definition) is 7. The number of fused-ring (bicyclic) bond motifs is 3. The van der Waals surface area contributed by atoms with Crippen LogP contribution in [0, 0.1) is 0 Å². The largest absolute Gasteiger partial charge is 0.368 e. The lowest BCUT2D eigenvalue weighted by molar-refractivity contribution is 0.482. The molecule has 0 spiro atoms. The van der Waals surface area contributed by atoms with Gasteiger partial charge in [-0.25, -0.2) is 15.0 Å². The van der Waals surface area contributed by atoms with Crippen LogP contribution in [-0.2, 0) is 0 Å². The van der Waals surface area contributed by atoms with Crippen molar-refractivity contribution in [3.63, 3.8) is 0 Å². The van der Waals surface area contributed by atoms with E-state index in [-0.39, 0.29) is 0 Å². The number of anilines is 3. The maximum atomic E-state index is 4.87. The van der Waals surface area contributed by atoms with Crippen molar-refractivity contribution in [3.8, 4) is 0 Å². The van der Waals surface area contributed by atoms with Crippen LogP contribution in [0.15, 0.2) is 42.9 Å². The molecule has 0 bridgehead atoms. The molecule has 8 nitrogen and oxygen atoms in total. The summed E-state index contributed by atoms with van der Waals surface area (Å²) in [5, 5.41) is 13.5. The van der Waals surface area contributed by atoms with Gasteiger partial charge < -0.3 is 15.5 Å². The Labute approximate surface area is 180 Å².